The van der Waals surface area contributed by atoms with E-state index in [1.165, 1.54) is 12.2 Å². The molecular weight excluding hydrogens is 155 g/mol. The fourth-order valence-electron chi connectivity index (χ4n) is 0.965. The highest BCUT2D eigenvalue weighted by Crippen LogP contribution is 2.08. The molecule has 2 heteroatoms. The van der Waals surface area contributed by atoms with Crippen molar-refractivity contribution in [2.24, 2.45) is 0 Å². The summed E-state index contributed by atoms with van der Waals surface area (Å²) in [7, 11) is 0. The molecule has 0 atom stereocenters. The summed E-state index contributed by atoms with van der Waals surface area (Å²) in [6.45, 7) is 3.10. The third kappa shape index (κ3) is 2.62. The van der Waals surface area contributed by atoms with Gasteiger partial charge in [0.2, 0.25) is 0 Å². The maximum Gasteiger partial charge on any atom is 0.118 e. The van der Waals surface area contributed by atoms with Crippen LogP contribution in [0.25, 0.3) is 0 Å². The van der Waals surface area contributed by atoms with Crippen LogP contribution in [0.3, 0.4) is 0 Å². The lowest BCUT2D eigenvalue weighted by Gasteiger charge is -2.04. The van der Waals surface area contributed by atoms with E-state index < -0.39 is 6.67 Å². The van der Waals surface area contributed by atoms with Gasteiger partial charge >= 0.3 is 0 Å². The minimum atomic E-state index is -0.536. The van der Waals surface area contributed by atoms with Crippen LogP contribution < -0.4 is 0 Å². The molecule has 0 aromatic heterocycles. The Morgan fingerprint density at radius 2 is 2.17 bits per heavy atom. The van der Waals surface area contributed by atoms with Crippen molar-refractivity contribution in [1.29, 1.82) is 0 Å². The van der Waals surface area contributed by atoms with Crippen LogP contribution in [0.15, 0.2) is 24.3 Å². The second-order valence-corrected chi connectivity index (χ2v) is 2.56. The van der Waals surface area contributed by atoms with Gasteiger partial charge in [0, 0.05) is 0 Å². The van der Waals surface area contributed by atoms with Crippen LogP contribution in [-0.4, -0.2) is 6.67 Å². The van der Waals surface area contributed by atoms with Crippen LogP contribution in [-0.2, 0) is 11.3 Å². The minimum absolute atomic E-state index is 0.455. The molecule has 0 aliphatic carbocycles. The predicted molar refractivity (Wildman–Crippen MR) is 46.2 cm³/mol. The highest BCUT2D eigenvalue weighted by Gasteiger charge is 1.95. The summed E-state index contributed by atoms with van der Waals surface area (Å²) in [6.07, 6.45) is 0. The summed E-state index contributed by atoms with van der Waals surface area (Å²) < 4.78 is 16.6. The number of hydrogen-bond acceptors (Lipinski definition) is 1. The van der Waals surface area contributed by atoms with Crippen molar-refractivity contribution in [2.45, 2.75) is 13.5 Å². The third-order valence-electron chi connectivity index (χ3n) is 1.68. The van der Waals surface area contributed by atoms with E-state index in [1.54, 1.807) is 0 Å². The molecule has 1 aromatic rings. The molecule has 1 rings (SSSR count). The highest BCUT2D eigenvalue weighted by molar-refractivity contribution is 5.24. The van der Waals surface area contributed by atoms with Gasteiger partial charge in [-0.05, 0) is 18.1 Å². The number of aryl methyl sites for hydroxylation is 1. The Hall–Kier alpha value is -0.890. The Balaban J connectivity index is 2.46. The van der Waals surface area contributed by atoms with Crippen molar-refractivity contribution < 1.29 is 9.13 Å². The van der Waals surface area contributed by atoms with Gasteiger partial charge in [0.1, 0.15) is 13.3 Å². The molecule has 0 aliphatic heterocycles. The molecule has 0 aliphatic rings. The lowest BCUT2D eigenvalue weighted by molar-refractivity contribution is 0.166. The van der Waals surface area contributed by atoms with E-state index in [2.05, 4.69) is 0 Å². The summed E-state index contributed by atoms with van der Waals surface area (Å²) in [5.41, 5.74) is 2.27. The molecule has 0 heterocycles. The van der Waals surface area contributed by atoms with Crippen LogP contribution in [0.2, 0.25) is 0 Å². The topological polar surface area (TPSA) is 9.23 Å². The van der Waals surface area contributed by atoms with Gasteiger partial charge in [0.15, 0.2) is 0 Å². The molecule has 12 heavy (non-hydrogen) atoms. The molecule has 1 aromatic carbocycles. The molecule has 0 saturated heterocycles. The van der Waals surface area contributed by atoms with Crippen molar-refractivity contribution in [1.82, 2.24) is 0 Å². The SMILES string of the molecule is Cc1ccccc1CO[CH]CF. The number of alkyl halides is 1. The van der Waals surface area contributed by atoms with E-state index >= 15 is 0 Å². The molecular formula is C10H12FO. The van der Waals surface area contributed by atoms with Crippen LogP contribution in [0, 0.1) is 13.5 Å². The number of halogens is 1. The second kappa shape index (κ2) is 4.88. The van der Waals surface area contributed by atoms with Gasteiger partial charge in [-0.2, -0.15) is 0 Å². The van der Waals surface area contributed by atoms with Gasteiger partial charge < -0.3 is 4.74 Å². The summed E-state index contributed by atoms with van der Waals surface area (Å²) in [6, 6.07) is 7.90. The standard InChI is InChI=1S/C10H12FO/c1-9-4-2-3-5-10(9)8-12-7-6-11/h2-5,7H,6,8H2,1H3. The fourth-order valence-corrected chi connectivity index (χ4v) is 0.965. The first-order valence-corrected chi connectivity index (χ1v) is 3.88. The predicted octanol–water partition coefficient (Wildman–Crippen LogP) is 2.64. The summed E-state index contributed by atoms with van der Waals surface area (Å²) in [4.78, 5) is 0. The van der Waals surface area contributed by atoms with Crippen molar-refractivity contribution in [3.63, 3.8) is 0 Å². The van der Waals surface area contributed by atoms with Crippen LogP contribution in [0.1, 0.15) is 11.1 Å². The first-order valence-electron chi connectivity index (χ1n) is 3.88. The number of ether oxygens (including phenoxy) is 1. The maximum atomic E-state index is 11.6. The molecule has 0 spiro atoms. The third-order valence-corrected chi connectivity index (χ3v) is 1.68. The molecule has 1 radical (unpaired) electrons. The van der Waals surface area contributed by atoms with E-state index in [0.717, 1.165) is 5.56 Å². The Kier molecular flexibility index (Phi) is 3.74. The largest absolute Gasteiger partial charge is 0.368 e. The lowest BCUT2D eigenvalue weighted by atomic mass is 10.1. The fraction of sp³-hybridized carbons (Fsp3) is 0.300. The van der Waals surface area contributed by atoms with E-state index in [9.17, 15) is 4.39 Å². The summed E-state index contributed by atoms with van der Waals surface area (Å²) in [5.74, 6) is 0. The van der Waals surface area contributed by atoms with Crippen molar-refractivity contribution in [3.8, 4) is 0 Å². The minimum Gasteiger partial charge on any atom is -0.368 e. The Labute approximate surface area is 72.2 Å². The van der Waals surface area contributed by atoms with Crippen molar-refractivity contribution in [3.05, 3.63) is 42.0 Å². The Morgan fingerprint density at radius 3 is 2.83 bits per heavy atom. The van der Waals surface area contributed by atoms with Gasteiger partial charge in [0.25, 0.3) is 0 Å². The molecule has 65 valence electrons. The summed E-state index contributed by atoms with van der Waals surface area (Å²) in [5, 5.41) is 0. The summed E-state index contributed by atoms with van der Waals surface area (Å²) >= 11 is 0. The zero-order chi connectivity index (χ0) is 8.81. The zero-order valence-corrected chi connectivity index (χ0v) is 7.09. The molecule has 0 fully saturated rings. The first kappa shape index (κ1) is 9.20. The van der Waals surface area contributed by atoms with Gasteiger partial charge in [-0.1, -0.05) is 24.3 Å². The monoisotopic (exact) mass is 167 g/mol. The average Bonchev–Trinajstić information content (AvgIpc) is 2.09. The molecule has 0 N–H and O–H groups in total. The van der Waals surface area contributed by atoms with E-state index in [-0.39, 0.29) is 0 Å². The van der Waals surface area contributed by atoms with E-state index in [1.807, 2.05) is 31.2 Å². The van der Waals surface area contributed by atoms with Crippen LogP contribution in [0.4, 0.5) is 4.39 Å². The van der Waals surface area contributed by atoms with Gasteiger partial charge in [-0.15, -0.1) is 0 Å². The highest BCUT2D eigenvalue weighted by atomic mass is 19.1. The Morgan fingerprint density at radius 1 is 1.42 bits per heavy atom. The van der Waals surface area contributed by atoms with Gasteiger partial charge in [0.05, 0.1) is 6.61 Å². The van der Waals surface area contributed by atoms with Gasteiger partial charge in [-0.25, -0.2) is 4.39 Å². The molecule has 0 bridgehead atoms. The van der Waals surface area contributed by atoms with E-state index in [0.29, 0.717) is 6.61 Å². The smallest absolute Gasteiger partial charge is 0.118 e. The average molecular weight is 167 g/mol. The second-order valence-electron chi connectivity index (χ2n) is 2.56. The molecule has 1 nitrogen and oxygen atoms in total. The lowest BCUT2D eigenvalue weighted by Crippen LogP contribution is -1.93. The first-order chi connectivity index (χ1) is 5.84. The van der Waals surface area contributed by atoms with E-state index in [4.69, 9.17) is 4.74 Å². The number of hydrogen-bond donors (Lipinski definition) is 0. The Bertz CT molecular complexity index is 235. The van der Waals surface area contributed by atoms with Crippen LogP contribution >= 0.6 is 0 Å². The molecule has 0 amide bonds. The number of benzene rings is 1. The van der Waals surface area contributed by atoms with Crippen molar-refractivity contribution >= 4 is 0 Å². The van der Waals surface area contributed by atoms with Gasteiger partial charge in [-0.3, -0.25) is 0 Å². The van der Waals surface area contributed by atoms with Crippen molar-refractivity contribution in [2.75, 3.05) is 6.67 Å². The molecule has 0 unspecified atom stereocenters. The maximum absolute atomic E-state index is 11.6. The normalized spacial score (nSPS) is 10.2. The molecule has 0 saturated carbocycles. The number of rotatable bonds is 4. The zero-order valence-electron chi connectivity index (χ0n) is 7.09. The quantitative estimate of drug-likeness (QED) is 0.626. The van der Waals surface area contributed by atoms with Crippen LogP contribution in [0.5, 0.6) is 0 Å².